The van der Waals surface area contributed by atoms with Crippen LogP contribution in [0.2, 0.25) is 5.02 Å². The van der Waals surface area contributed by atoms with E-state index in [4.69, 9.17) is 25.8 Å². The molecule has 0 bridgehead atoms. The van der Waals surface area contributed by atoms with Crippen LogP contribution in [-0.4, -0.2) is 40.4 Å². The molecule has 1 amide bonds. The first-order valence-corrected chi connectivity index (χ1v) is 11.2. The third-order valence-corrected chi connectivity index (χ3v) is 7.20. The third kappa shape index (κ3) is 3.38. The topological polar surface area (TPSA) is 94.6 Å². The highest BCUT2D eigenvalue weighted by atomic mass is 35.5. The Labute approximate surface area is 182 Å². The van der Waals surface area contributed by atoms with Gasteiger partial charge in [0.2, 0.25) is 12.7 Å². The third-order valence-electron chi connectivity index (χ3n) is 5.65. The van der Waals surface area contributed by atoms with Crippen LogP contribution in [0.5, 0.6) is 11.5 Å². The first kappa shape index (κ1) is 19.8. The maximum atomic E-state index is 13.1. The molecule has 0 radical (unpaired) electrons. The molecule has 2 N–H and O–H groups in total. The molecule has 3 aliphatic heterocycles. The number of thioether (sulfide) groups is 1. The second-order valence-corrected chi connectivity index (χ2v) is 9.80. The van der Waals surface area contributed by atoms with E-state index in [1.165, 1.54) is 11.8 Å². The van der Waals surface area contributed by atoms with Crippen molar-refractivity contribution in [3.05, 3.63) is 38.6 Å². The Bertz CT molecular complexity index is 1080. The summed E-state index contributed by atoms with van der Waals surface area (Å²) in [6.45, 7) is 4.77. The molecule has 0 saturated carbocycles. The molecule has 10 heteroatoms. The molecule has 2 atom stereocenters. The summed E-state index contributed by atoms with van der Waals surface area (Å²) < 4.78 is 18.5. The van der Waals surface area contributed by atoms with Crippen LogP contribution in [0.25, 0.3) is 0 Å². The van der Waals surface area contributed by atoms with Gasteiger partial charge in [0.25, 0.3) is 5.56 Å². The van der Waals surface area contributed by atoms with Crippen LogP contribution in [0.3, 0.4) is 0 Å². The van der Waals surface area contributed by atoms with Crippen molar-refractivity contribution in [3.63, 3.8) is 0 Å². The maximum Gasteiger partial charge on any atom is 0.270 e. The van der Waals surface area contributed by atoms with E-state index in [1.807, 2.05) is 24.6 Å². The molecule has 2 aromatic rings. The number of nitrogens with zero attached hydrogens (tertiary/aromatic N) is 1. The van der Waals surface area contributed by atoms with Gasteiger partial charge >= 0.3 is 0 Å². The van der Waals surface area contributed by atoms with Crippen molar-refractivity contribution in [1.82, 2.24) is 9.78 Å². The first-order valence-electron chi connectivity index (χ1n) is 9.81. The molecule has 8 nitrogen and oxygen atoms in total. The molecule has 0 aliphatic carbocycles. The van der Waals surface area contributed by atoms with E-state index in [0.29, 0.717) is 34.5 Å². The van der Waals surface area contributed by atoms with Gasteiger partial charge in [0, 0.05) is 6.61 Å². The second-order valence-electron chi connectivity index (χ2n) is 8.30. The van der Waals surface area contributed by atoms with Gasteiger partial charge in [-0.2, -0.15) is 0 Å². The highest BCUT2D eigenvalue weighted by Gasteiger charge is 2.36. The lowest BCUT2D eigenvalue weighted by Gasteiger charge is -2.36. The van der Waals surface area contributed by atoms with Gasteiger partial charge in [-0.05, 0) is 44.4 Å². The average Bonchev–Trinajstić information content (AvgIpc) is 3.22. The highest BCUT2D eigenvalue weighted by Crippen LogP contribution is 2.47. The van der Waals surface area contributed by atoms with Gasteiger partial charge in [-0.3, -0.25) is 19.4 Å². The largest absolute Gasteiger partial charge is 0.454 e. The van der Waals surface area contributed by atoms with E-state index in [9.17, 15) is 9.59 Å². The van der Waals surface area contributed by atoms with Gasteiger partial charge in [-0.25, -0.2) is 0 Å². The normalized spacial score (nSPS) is 24.8. The van der Waals surface area contributed by atoms with Crippen LogP contribution in [0.4, 0.5) is 5.82 Å². The smallest absolute Gasteiger partial charge is 0.270 e. The predicted molar refractivity (Wildman–Crippen MR) is 114 cm³/mol. The van der Waals surface area contributed by atoms with Crippen molar-refractivity contribution in [2.24, 2.45) is 0 Å². The lowest BCUT2D eigenvalue weighted by molar-refractivity contribution is -0.113. The Morgan fingerprint density at radius 2 is 2.10 bits per heavy atom. The summed E-state index contributed by atoms with van der Waals surface area (Å²) in [6.07, 6.45) is 1.48. The van der Waals surface area contributed by atoms with Gasteiger partial charge in [-0.1, -0.05) is 11.6 Å². The van der Waals surface area contributed by atoms with Crippen molar-refractivity contribution in [1.29, 1.82) is 0 Å². The monoisotopic (exact) mass is 451 g/mol. The minimum absolute atomic E-state index is 0.0228. The van der Waals surface area contributed by atoms with Gasteiger partial charge < -0.3 is 19.5 Å². The number of ether oxygens (including phenoxy) is 3. The highest BCUT2D eigenvalue weighted by molar-refractivity contribution is 8.00. The second kappa shape index (κ2) is 7.25. The van der Waals surface area contributed by atoms with Crippen LogP contribution in [0.15, 0.2) is 16.9 Å². The number of aromatic nitrogens is 2. The molecular weight excluding hydrogens is 430 g/mol. The number of hydrogen-bond donors (Lipinski definition) is 2. The lowest BCUT2D eigenvalue weighted by Crippen LogP contribution is -2.36. The van der Waals surface area contributed by atoms with Crippen LogP contribution in [0, 0.1) is 0 Å². The van der Waals surface area contributed by atoms with Crippen LogP contribution < -0.4 is 20.3 Å². The number of nitrogens with one attached hydrogen (secondary N) is 2. The summed E-state index contributed by atoms with van der Waals surface area (Å²) in [5.74, 6) is 1.66. The molecular formula is C20H22ClN3O5S. The molecule has 1 fully saturated rings. The fraction of sp³-hybridized carbons (Fsp3) is 0.500. The number of amides is 1. The van der Waals surface area contributed by atoms with E-state index in [-0.39, 0.29) is 40.9 Å². The summed E-state index contributed by atoms with van der Waals surface area (Å²) in [5.41, 5.74) is 0.792. The minimum atomic E-state index is -0.371. The molecule has 3 aliphatic rings. The van der Waals surface area contributed by atoms with Gasteiger partial charge in [0.15, 0.2) is 11.5 Å². The molecule has 0 spiro atoms. The van der Waals surface area contributed by atoms with Gasteiger partial charge in [0.1, 0.15) is 5.82 Å². The SMILES string of the molecule is CC1(C)C[C@@H](n2[nH]c(=O)c3c2NC(=O)CS[C@@H]3c2cc(Cl)c3c(c2)OCO3)CCO1. The zero-order valence-corrected chi connectivity index (χ0v) is 18.2. The Balaban J connectivity index is 1.61. The summed E-state index contributed by atoms with van der Waals surface area (Å²) >= 11 is 7.78. The van der Waals surface area contributed by atoms with E-state index >= 15 is 0 Å². The summed E-state index contributed by atoms with van der Waals surface area (Å²) in [4.78, 5) is 25.6. The van der Waals surface area contributed by atoms with Gasteiger partial charge in [-0.15, -0.1) is 11.8 Å². The van der Waals surface area contributed by atoms with E-state index in [1.54, 1.807) is 6.07 Å². The fourth-order valence-corrected chi connectivity index (χ4v) is 5.72. The molecule has 5 rings (SSSR count). The summed E-state index contributed by atoms with van der Waals surface area (Å²) in [6, 6.07) is 3.63. The Morgan fingerprint density at radius 3 is 2.90 bits per heavy atom. The standard InChI is InChI=1S/C20H22ClN3O5S/c1-20(2)7-11(3-4-29-20)24-18-15(19(26)23-24)17(30-8-14(25)22-18)10-5-12(21)16-13(6-10)27-9-28-16/h5-6,11,17H,3-4,7-9H2,1-2H3,(H,22,25)(H,23,26)/t11-,17+/m0/s1. The average molecular weight is 452 g/mol. The lowest BCUT2D eigenvalue weighted by atomic mass is 9.94. The number of hydrogen-bond acceptors (Lipinski definition) is 6. The molecule has 1 saturated heterocycles. The number of halogens is 1. The van der Waals surface area contributed by atoms with Crippen LogP contribution >= 0.6 is 23.4 Å². The molecule has 1 aromatic carbocycles. The minimum Gasteiger partial charge on any atom is -0.454 e. The van der Waals surface area contributed by atoms with Crippen LogP contribution in [0.1, 0.15) is 49.1 Å². The zero-order valence-electron chi connectivity index (χ0n) is 16.6. The molecule has 160 valence electrons. The van der Waals surface area contributed by atoms with Crippen molar-refractivity contribution in [2.75, 3.05) is 24.5 Å². The Kier molecular flexibility index (Phi) is 4.79. The summed E-state index contributed by atoms with van der Waals surface area (Å²) in [5, 5.41) is 5.96. The van der Waals surface area contributed by atoms with Crippen molar-refractivity contribution >= 4 is 35.1 Å². The number of rotatable bonds is 2. The number of H-pyrrole nitrogens is 1. The molecule has 1 aromatic heterocycles. The molecule has 30 heavy (non-hydrogen) atoms. The fourth-order valence-electron chi connectivity index (χ4n) is 4.34. The summed E-state index contributed by atoms with van der Waals surface area (Å²) in [7, 11) is 0. The number of fused-ring (bicyclic) bond motifs is 2. The number of anilines is 1. The number of aromatic amines is 1. The number of carbonyl (C=O) groups excluding carboxylic acids is 1. The van der Waals surface area contributed by atoms with E-state index in [0.717, 1.165) is 18.4 Å². The number of carbonyl (C=O) groups is 1. The Morgan fingerprint density at radius 1 is 1.27 bits per heavy atom. The molecule has 4 heterocycles. The first-order chi connectivity index (χ1) is 14.3. The van der Waals surface area contributed by atoms with Crippen molar-refractivity contribution in [2.45, 2.75) is 43.6 Å². The van der Waals surface area contributed by atoms with Crippen molar-refractivity contribution in [3.8, 4) is 11.5 Å². The van der Waals surface area contributed by atoms with Crippen LogP contribution in [-0.2, 0) is 9.53 Å². The quantitative estimate of drug-likeness (QED) is 0.726. The maximum absolute atomic E-state index is 13.1. The van der Waals surface area contributed by atoms with Crippen molar-refractivity contribution < 1.29 is 19.0 Å². The molecule has 0 unspecified atom stereocenters. The van der Waals surface area contributed by atoms with E-state index < -0.39 is 0 Å². The zero-order chi connectivity index (χ0) is 21.0. The van der Waals surface area contributed by atoms with E-state index in [2.05, 4.69) is 10.4 Å². The number of benzene rings is 1. The van der Waals surface area contributed by atoms with Gasteiger partial charge in [0.05, 0.1) is 33.2 Å². The Hall–Kier alpha value is -2.10. The predicted octanol–water partition coefficient (Wildman–Crippen LogP) is 3.46.